The highest BCUT2D eigenvalue weighted by atomic mass is 35.5. The summed E-state index contributed by atoms with van der Waals surface area (Å²) in [4.78, 5) is 27.1. The van der Waals surface area contributed by atoms with Gasteiger partial charge in [-0.25, -0.2) is 0 Å². The van der Waals surface area contributed by atoms with Crippen LogP contribution in [-0.4, -0.2) is 20.6 Å². The lowest BCUT2D eigenvalue weighted by Crippen LogP contribution is -2.65. The minimum atomic E-state index is -1.17. The van der Waals surface area contributed by atoms with Crippen molar-refractivity contribution in [2.45, 2.75) is 72.9 Å². The number of carbonyl (C=O) groups excluding carboxylic acids is 2. The molecule has 8 aliphatic rings. The topological polar surface area (TPSA) is 43.4 Å². The van der Waals surface area contributed by atoms with Gasteiger partial charge in [0.2, 0.25) is 0 Å². The summed E-state index contributed by atoms with van der Waals surface area (Å²) >= 11 is 27.3. The molecule has 4 atom stereocenters. The Labute approximate surface area is 191 Å². The zero-order valence-corrected chi connectivity index (χ0v) is 19.3. The van der Waals surface area contributed by atoms with E-state index in [1.807, 2.05) is 0 Å². The first-order valence-corrected chi connectivity index (χ1v) is 12.6. The van der Waals surface area contributed by atoms with Crippen LogP contribution in [-0.2, 0) is 14.3 Å². The average Bonchev–Trinajstić information content (AvgIpc) is 2.63. The molecule has 0 heterocycles. The van der Waals surface area contributed by atoms with Crippen LogP contribution in [0.2, 0.25) is 0 Å². The molecule has 3 nitrogen and oxygen atoms in total. The van der Waals surface area contributed by atoms with Gasteiger partial charge in [0.05, 0.1) is 0 Å². The van der Waals surface area contributed by atoms with Crippen LogP contribution < -0.4 is 0 Å². The van der Waals surface area contributed by atoms with E-state index in [2.05, 4.69) is 0 Å². The van der Waals surface area contributed by atoms with Crippen molar-refractivity contribution in [3.8, 4) is 0 Å². The Bertz CT molecular complexity index is 701. The maximum Gasteiger partial charge on any atom is 0.322 e. The van der Waals surface area contributed by atoms with Gasteiger partial charge in [-0.05, 0) is 99.7 Å². The van der Waals surface area contributed by atoms with Crippen molar-refractivity contribution in [3.63, 3.8) is 0 Å². The standard InChI is InChI=1S/C22H26Cl4O3/c23-21(24)15-3-11-1-12(4-15)8-19(21,7-11)17(27)29-18(28)20-9-13-2-14(10-20)6-16(5-13)22(20,25)26/h11-16H,1-10H2/t11-,12-,13-,14-,15?,16?,19?,20?/m1/s1. The van der Waals surface area contributed by atoms with Crippen LogP contribution >= 0.6 is 46.4 Å². The lowest BCUT2D eigenvalue weighted by atomic mass is 9.48. The fourth-order valence-electron chi connectivity index (χ4n) is 8.74. The minimum Gasteiger partial charge on any atom is -0.392 e. The number of rotatable bonds is 2. The summed E-state index contributed by atoms with van der Waals surface area (Å²) < 4.78 is 3.34. The van der Waals surface area contributed by atoms with E-state index in [4.69, 9.17) is 51.1 Å². The molecule has 8 bridgehead atoms. The van der Waals surface area contributed by atoms with E-state index < -0.39 is 31.4 Å². The number of carbonyl (C=O) groups is 2. The predicted molar refractivity (Wildman–Crippen MR) is 112 cm³/mol. The Morgan fingerprint density at radius 2 is 0.897 bits per heavy atom. The molecule has 8 saturated carbocycles. The van der Waals surface area contributed by atoms with E-state index in [1.54, 1.807) is 0 Å². The summed E-state index contributed by atoms with van der Waals surface area (Å²) in [5.74, 6) is 0.902. The first-order valence-electron chi connectivity index (χ1n) is 11.1. The van der Waals surface area contributed by atoms with Gasteiger partial charge in [0.25, 0.3) is 0 Å². The Morgan fingerprint density at radius 1 is 0.586 bits per heavy atom. The number of hydrogen-bond donors (Lipinski definition) is 0. The maximum atomic E-state index is 13.5. The molecular formula is C22H26Cl4O3. The third-order valence-corrected chi connectivity index (χ3v) is 12.3. The van der Waals surface area contributed by atoms with Gasteiger partial charge < -0.3 is 4.74 Å². The van der Waals surface area contributed by atoms with Gasteiger partial charge in [-0.15, -0.1) is 46.4 Å². The fourth-order valence-corrected chi connectivity index (χ4v) is 10.4. The molecule has 29 heavy (non-hydrogen) atoms. The van der Waals surface area contributed by atoms with Gasteiger partial charge in [-0.2, -0.15) is 0 Å². The first kappa shape index (κ1) is 19.9. The molecule has 0 aromatic heterocycles. The normalized spacial score (nSPS) is 52.6. The highest BCUT2D eigenvalue weighted by Crippen LogP contribution is 2.71. The van der Waals surface area contributed by atoms with E-state index >= 15 is 0 Å². The van der Waals surface area contributed by atoms with E-state index in [0.29, 0.717) is 49.4 Å². The molecule has 0 radical (unpaired) electrons. The molecular weight excluding hydrogens is 454 g/mol. The van der Waals surface area contributed by atoms with Crippen molar-refractivity contribution in [1.82, 2.24) is 0 Å². The molecule has 0 saturated heterocycles. The third-order valence-electron chi connectivity index (χ3n) is 9.62. The molecule has 0 N–H and O–H groups in total. The molecule has 0 aliphatic heterocycles. The molecule has 0 spiro atoms. The molecule has 8 fully saturated rings. The molecule has 0 amide bonds. The van der Waals surface area contributed by atoms with Gasteiger partial charge in [0, 0.05) is 0 Å². The van der Waals surface area contributed by atoms with Crippen LogP contribution in [0, 0.1) is 46.3 Å². The lowest BCUT2D eigenvalue weighted by molar-refractivity contribution is -0.192. The number of alkyl halides is 4. The number of halogens is 4. The average molecular weight is 480 g/mol. The monoisotopic (exact) mass is 478 g/mol. The summed E-state index contributed by atoms with van der Waals surface area (Å²) in [6.45, 7) is 0. The van der Waals surface area contributed by atoms with Crippen LogP contribution in [0.1, 0.15) is 64.2 Å². The smallest absolute Gasteiger partial charge is 0.322 e. The van der Waals surface area contributed by atoms with E-state index in [0.717, 1.165) is 38.5 Å². The number of hydrogen-bond acceptors (Lipinski definition) is 3. The van der Waals surface area contributed by atoms with Crippen LogP contribution in [0.5, 0.6) is 0 Å². The van der Waals surface area contributed by atoms with Crippen molar-refractivity contribution in [1.29, 1.82) is 0 Å². The Balaban J connectivity index is 1.31. The quantitative estimate of drug-likeness (QED) is 0.274. The summed E-state index contributed by atoms with van der Waals surface area (Å²) in [5, 5.41) is 0. The Hall–Kier alpha value is 0.300. The molecule has 8 aliphatic carbocycles. The van der Waals surface area contributed by atoms with Crippen molar-refractivity contribution >= 4 is 58.3 Å². The second-order valence-corrected chi connectivity index (χ2v) is 13.9. The second kappa shape index (κ2) is 6.00. The minimum absolute atomic E-state index is 0.0967. The SMILES string of the molecule is O=C(OC(=O)C12C[C@H]3CC(C[C@@H](C3)C1)C2(Cl)Cl)C12C[C@H]3CC(C[C@@H](C3)C1)C2(Cl)Cl. The maximum absolute atomic E-state index is 13.5. The van der Waals surface area contributed by atoms with Gasteiger partial charge in [0.15, 0.2) is 0 Å². The molecule has 0 aromatic rings. The van der Waals surface area contributed by atoms with Gasteiger partial charge >= 0.3 is 11.9 Å². The van der Waals surface area contributed by atoms with E-state index in [1.165, 1.54) is 0 Å². The highest BCUT2D eigenvalue weighted by Gasteiger charge is 2.72. The fraction of sp³-hybridized carbons (Fsp3) is 0.909. The van der Waals surface area contributed by atoms with Crippen molar-refractivity contribution in [2.75, 3.05) is 0 Å². The van der Waals surface area contributed by atoms with Gasteiger partial charge in [0.1, 0.15) is 19.5 Å². The summed E-state index contributed by atoms with van der Waals surface area (Å²) in [6, 6.07) is 0. The summed E-state index contributed by atoms with van der Waals surface area (Å²) in [5.41, 5.74) is -1.96. The zero-order chi connectivity index (χ0) is 20.4. The predicted octanol–water partition coefficient (Wildman–Crippen LogP) is 6.06. The Kier molecular flexibility index (Phi) is 4.13. The number of esters is 2. The summed E-state index contributed by atoms with van der Waals surface area (Å²) in [6.07, 6.45) is 8.60. The lowest BCUT2D eigenvalue weighted by Gasteiger charge is -2.62. The van der Waals surface area contributed by atoms with Crippen LogP contribution in [0.4, 0.5) is 0 Å². The van der Waals surface area contributed by atoms with E-state index in [-0.39, 0.29) is 11.8 Å². The molecule has 160 valence electrons. The molecule has 0 unspecified atom stereocenters. The molecule has 7 heteroatoms. The highest BCUT2D eigenvalue weighted by molar-refractivity contribution is 6.51. The molecule has 8 rings (SSSR count). The second-order valence-electron chi connectivity index (χ2n) is 11.2. The zero-order valence-electron chi connectivity index (χ0n) is 16.3. The van der Waals surface area contributed by atoms with E-state index in [9.17, 15) is 9.59 Å². The van der Waals surface area contributed by atoms with Gasteiger partial charge in [-0.1, -0.05) is 0 Å². The number of ether oxygens (including phenoxy) is 1. The Morgan fingerprint density at radius 3 is 1.21 bits per heavy atom. The van der Waals surface area contributed by atoms with Crippen molar-refractivity contribution in [3.05, 3.63) is 0 Å². The van der Waals surface area contributed by atoms with Crippen LogP contribution in [0.15, 0.2) is 0 Å². The molecule has 0 aromatic carbocycles. The largest absolute Gasteiger partial charge is 0.392 e. The first-order chi connectivity index (χ1) is 13.6. The summed E-state index contributed by atoms with van der Waals surface area (Å²) in [7, 11) is 0. The van der Waals surface area contributed by atoms with Crippen molar-refractivity contribution in [2.24, 2.45) is 46.3 Å². The van der Waals surface area contributed by atoms with Crippen LogP contribution in [0.3, 0.4) is 0 Å². The third kappa shape index (κ3) is 2.40. The van der Waals surface area contributed by atoms with Crippen molar-refractivity contribution < 1.29 is 14.3 Å². The van der Waals surface area contributed by atoms with Crippen LogP contribution in [0.25, 0.3) is 0 Å². The van der Waals surface area contributed by atoms with Gasteiger partial charge in [-0.3, -0.25) is 9.59 Å².